The fourth-order valence-corrected chi connectivity index (χ4v) is 2.31. The molecule has 0 radical (unpaired) electrons. The van der Waals surface area contributed by atoms with Gasteiger partial charge in [0.1, 0.15) is 0 Å². The minimum absolute atomic E-state index is 0.0623. The second-order valence-corrected chi connectivity index (χ2v) is 4.58. The molecular formula is C13H16FNO2. The molecule has 1 aromatic carbocycles. The van der Waals surface area contributed by atoms with Crippen molar-refractivity contribution in [1.29, 1.82) is 0 Å². The number of carbonyl (C=O) groups is 1. The van der Waals surface area contributed by atoms with Crippen molar-refractivity contribution in [1.82, 2.24) is 0 Å². The molecule has 1 N–H and O–H groups in total. The molecule has 4 heteroatoms. The summed E-state index contributed by atoms with van der Waals surface area (Å²) in [7, 11) is 0. The summed E-state index contributed by atoms with van der Waals surface area (Å²) in [5, 5.41) is 8.93. The van der Waals surface area contributed by atoms with Crippen LogP contribution in [0.2, 0.25) is 0 Å². The van der Waals surface area contributed by atoms with Gasteiger partial charge in [0.05, 0.1) is 6.54 Å². The summed E-state index contributed by atoms with van der Waals surface area (Å²) in [4.78, 5) is 12.8. The normalized spacial score (nSPS) is 24.7. The first-order valence-corrected chi connectivity index (χ1v) is 5.76. The molecule has 0 amide bonds. The van der Waals surface area contributed by atoms with E-state index in [0.717, 1.165) is 11.3 Å². The zero-order valence-electron chi connectivity index (χ0n) is 9.82. The van der Waals surface area contributed by atoms with Gasteiger partial charge < -0.3 is 10.0 Å². The molecule has 3 nitrogen and oxygen atoms in total. The molecule has 1 unspecified atom stereocenters. The highest BCUT2D eigenvalue weighted by Crippen LogP contribution is 2.30. The molecule has 1 aliphatic heterocycles. The fraction of sp³-hybridized carbons (Fsp3) is 0.462. The molecule has 0 bridgehead atoms. The number of alkyl halides is 1. The number of para-hydroxylation sites is 1. The maximum absolute atomic E-state index is 14.1. The molecule has 92 valence electrons. The SMILES string of the molecule is Cc1ccccc1N1CCCC(F)(C(=O)O)C1. The second-order valence-electron chi connectivity index (χ2n) is 4.58. The average Bonchev–Trinajstić information content (AvgIpc) is 2.29. The third-order valence-electron chi connectivity index (χ3n) is 3.28. The van der Waals surface area contributed by atoms with Crippen molar-refractivity contribution in [2.45, 2.75) is 25.4 Å². The van der Waals surface area contributed by atoms with Gasteiger partial charge in [-0.1, -0.05) is 18.2 Å². The van der Waals surface area contributed by atoms with Crippen molar-refractivity contribution in [3.8, 4) is 0 Å². The van der Waals surface area contributed by atoms with Gasteiger partial charge in [-0.05, 0) is 31.4 Å². The fourth-order valence-electron chi connectivity index (χ4n) is 2.31. The standard InChI is InChI=1S/C13H16FNO2/c1-10-5-2-3-6-11(10)15-8-4-7-13(14,9-15)12(16)17/h2-3,5-6H,4,7-9H2,1H3,(H,16,17). The number of carboxylic acids is 1. The van der Waals surface area contributed by atoms with Crippen LogP contribution in [0.25, 0.3) is 0 Å². The van der Waals surface area contributed by atoms with Gasteiger partial charge in [-0.3, -0.25) is 0 Å². The van der Waals surface area contributed by atoms with Crippen molar-refractivity contribution in [3.05, 3.63) is 29.8 Å². The molecule has 0 aliphatic carbocycles. The predicted molar refractivity (Wildman–Crippen MR) is 64.1 cm³/mol. The number of aryl methyl sites for hydroxylation is 1. The monoisotopic (exact) mass is 237 g/mol. The molecule has 0 saturated carbocycles. The quantitative estimate of drug-likeness (QED) is 0.858. The lowest BCUT2D eigenvalue weighted by atomic mass is 9.94. The molecule has 2 rings (SSSR count). The smallest absolute Gasteiger partial charge is 0.343 e. The maximum atomic E-state index is 14.1. The number of rotatable bonds is 2. The van der Waals surface area contributed by atoms with E-state index in [-0.39, 0.29) is 13.0 Å². The summed E-state index contributed by atoms with van der Waals surface area (Å²) in [5.41, 5.74) is -0.141. The molecule has 1 atom stereocenters. The largest absolute Gasteiger partial charge is 0.479 e. The van der Waals surface area contributed by atoms with Crippen LogP contribution in [-0.2, 0) is 4.79 Å². The highest BCUT2D eigenvalue weighted by Gasteiger charge is 2.43. The van der Waals surface area contributed by atoms with Crippen LogP contribution in [0.4, 0.5) is 10.1 Å². The third kappa shape index (κ3) is 2.25. The van der Waals surface area contributed by atoms with Gasteiger partial charge in [0.2, 0.25) is 5.67 Å². The topological polar surface area (TPSA) is 40.5 Å². The first kappa shape index (κ1) is 11.9. The molecule has 1 saturated heterocycles. The van der Waals surface area contributed by atoms with Crippen LogP contribution >= 0.6 is 0 Å². The Kier molecular flexibility index (Phi) is 3.05. The zero-order chi connectivity index (χ0) is 12.5. The lowest BCUT2D eigenvalue weighted by molar-refractivity contribution is -0.151. The van der Waals surface area contributed by atoms with E-state index in [0.29, 0.717) is 13.0 Å². The van der Waals surface area contributed by atoms with Crippen LogP contribution in [0.5, 0.6) is 0 Å². The number of hydrogen-bond acceptors (Lipinski definition) is 2. The number of aliphatic carboxylic acids is 1. The summed E-state index contributed by atoms with van der Waals surface area (Å²) in [6.45, 7) is 2.60. The van der Waals surface area contributed by atoms with Crippen LogP contribution in [0, 0.1) is 6.92 Å². The first-order valence-electron chi connectivity index (χ1n) is 5.76. The van der Waals surface area contributed by atoms with E-state index >= 15 is 0 Å². The highest BCUT2D eigenvalue weighted by molar-refractivity contribution is 5.79. The number of carboxylic acid groups (broad SMARTS) is 1. The van der Waals surface area contributed by atoms with Crippen molar-refractivity contribution < 1.29 is 14.3 Å². The lowest BCUT2D eigenvalue weighted by Gasteiger charge is -2.36. The minimum Gasteiger partial charge on any atom is -0.479 e. The Labute approximate surface area is 99.9 Å². The summed E-state index contributed by atoms with van der Waals surface area (Å²) in [6.07, 6.45) is 0.669. The molecule has 1 fully saturated rings. The van der Waals surface area contributed by atoms with E-state index in [1.165, 1.54) is 0 Å². The number of anilines is 1. The number of hydrogen-bond donors (Lipinski definition) is 1. The maximum Gasteiger partial charge on any atom is 0.343 e. The van der Waals surface area contributed by atoms with E-state index in [1.54, 1.807) is 0 Å². The number of benzene rings is 1. The Hall–Kier alpha value is -1.58. The zero-order valence-corrected chi connectivity index (χ0v) is 9.82. The van der Waals surface area contributed by atoms with Crippen LogP contribution in [0.1, 0.15) is 18.4 Å². The Morgan fingerprint density at radius 3 is 2.82 bits per heavy atom. The molecule has 0 aromatic heterocycles. The van der Waals surface area contributed by atoms with Gasteiger partial charge in [0.15, 0.2) is 0 Å². The Balaban J connectivity index is 2.24. The highest BCUT2D eigenvalue weighted by atomic mass is 19.1. The molecule has 0 spiro atoms. The Morgan fingerprint density at radius 1 is 1.47 bits per heavy atom. The number of nitrogens with zero attached hydrogens (tertiary/aromatic N) is 1. The third-order valence-corrected chi connectivity index (χ3v) is 3.28. The van der Waals surface area contributed by atoms with Gasteiger partial charge in [-0.15, -0.1) is 0 Å². The predicted octanol–water partition coefficient (Wildman–Crippen LogP) is 2.39. The van der Waals surface area contributed by atoms with Crippen molar-refractivity contribution in [3.63, 3.8) is 0 Å². The van der Waals surface area contributed by atoms with Crippen molar-refractivity contribution in [2.75, 3.05) is 18.0 Å². The number of halogens is 1. The number of piperidine rings is 1. The summed E-state index contributed by atoms with van der Waals surface area (Å²) in [5.74, 6) is -1.35. The first-order chi connectivity index (χ1) is 8.03. The molecule has 1 heterocycles. The van der Waals surface area contributed by atoms with Crippen molar-refractivity contribution in [2.24, 2.45) is 0 Å². The lowest BCUT2D eigenvalue weighted by Crippen LogP contribution is -2.50. The summed E-state index contributed by atoms with van der Waals surface area (Å²) >= 11 is 0. The van der Waals surface area contributed by atoms with Gasteiger partial charge in [0, 0.05) is 12.2 Å². The van der Waals surface area contributed by atoms with E-state index < -0.39 is 11.6 Å². The van der Waals surface area contributed by atoms with Crippen LogP contribution in [0.3, 0.4) is 0 Å². The molecular weight excluding hydrogens is 221 g/mol. The van der Waals surface area contributed by atoms with Crippen LogP contribution in [-0.4, -0.2) is 29.8 Å². The second kappa shape index (κ2) is 4.35. The van der Waals surface area contributed by atoms with Gasteiger partial charge in [-0.25, -0.2) is 9.18 Å². The van der Waals surface area contributed by atoms with E-state index in [9.17, 15) is 9.18 Å². The summed E-state index contributed by atoms with van der Waals surface area (Å²) < 4.78 is 14.1. The van der Waals surface area contributed by atoms with Crippen LogP contribution in [0.15, 0.2) is 24.3 Å². The van der Waals surface area contributed by atoms with E-state index in [2.05, 4.69) is 0 Å². The Bertz CT molecular complexity index is 435. The van der Waals surface area contributed by atoms with Crippen molar-refractivity contribution >= 4 is 11.7 Å². The molecule has 1 aliphatic rings. The Morgan fingerprint density at radius 2 is 2.18 bits per heavy atom. The molecule has 1 aromatic rings. The van der Waals surface area contributed by atoms with Gasteiger partial charge >= 0.3 is 5.97 Å². The van der Waals surface area contributed by atoms with Gasteiger partial charge in [-0.2, -0.15) is 0 Å². The minimum atomic E-state index is -2.11. The average molecular weight is 237 g/mol. The van der Waals surface area contributed by atoms with E-state index in [1.807, 2.05) is 36.1 Å². The van der Waals surface area contributed by atoms with E-state index in [4.69, 9.17) is 5.11 Å². The van der Waals surface area contributed by atoms with Crippen LogP contribution < -0.4 is 4.90 Å². The molecule has 17 heavy (non-hydrogen) atoms. The summed E-state index contributed by atoms with van der Waals surface area (Å²) in [6, 6.07) is 7.66. The van der Waals surface area contributed by atoms with Gasteiger partial charge in [0.25, 0.3) is 0 Å².